The largest absolute Gasteiger partial charge is 0.298 e. The van der Waals surface area contributed by atoms with Crippen LogP contribution in [-0.4, -0.2) is 30.3 Å². The third-order valence-electron chi connectivity index (χ3n) is 1.83. The fourth-order valence-electron chi connectivity index (χ4n) is 0.857. The normalized spacial score (nSPS) is 10.6. The van der Waals surface area contributed by atoms with E-state index in [1.807, 2.05) is 41.7 Å². The van der Waals surface area contributed by atoms with Gasteiger partial charge >= 0.3 is 0 Å². The molecule has 1 atom stereocenters. The van der Waals surface area contributed by atoms with Crippen molar-refractivity contribution in [1.82, 2.24) is 4.90 Å². The van der Waals surface area contributed by atoms with E-state index in [0.717, 1.165) is 13.0 Å². The van der Waals surface area contributed by atoms with E-state index < -0.39 is 0 Å². The van der Waals surface area contributed by atoms with E-state index in [0.29, 0.717) is 0 Å². The monoisotopic (exact) mass is 203 g/mol. The van der Waals surface area contributed by atoms with Gasteiger partial charge in [0.2, 0.25) is 0 Å². The van der Waals surface area contributed by atoms with Gasteiger partial charge < -0.3 is 0 Å². The van der Waals surface area contributed by atoms with E-state index in [9.17, 15) is 4.79 Å². The summed E-state index contributed by atoms with van der Waals surface area (Å²) in [4.78, 5) is 12.9. The maximum atomic E-state index is 10.8. The minimum Gasteiger partial charge on any atom is -0.298 e. The Morgan fingerprint density at radius 3 is 1.79 bits per heavy atom. The highest BCUT2D eigenvalue weighted by molar-refractivity contribution is 5.80. The quantitative estimate of drug-likeness (QED) is 0.698. The van der Waals surface area contributed by atoms with Gasteiger partial charge in [-0.15, -0.1) is 0 Å². The molecular formula is C12H29NO. The number of nitrogens with zero attached hydrogens (tertiary/aromatic N) is 1. The molecule has 0 aromatic rings. The lowest BCUT2D eigenvalue weighted by atomic mass is 10.2. The molecule has 0 aromatic heterocycles. The first-order valence-electron chi connectivity index (χ1n) is 5.80. The van der Waals surface area contributed by atoms with E-state index in [2.05, 4.69) is 11.8 Å². The molecule has 88 valence electrons. The number of hydrogen-bond donors (Lipinski definition) is 0. The molecular weight excluding hydrogens is 174 g/mol. The molecule has 2 nitrogen and oxygen atoms in total. The van der Waals surface area contributed by atoms with E-state index in [-0.39, 0.29) is 11.8 Å². The van der Waals surface area contributed by atoms with Crippen molar-refractivity contribution >= 4 is 5.78 Å². The molecule has 0 amide bonds. The van der Waals surface area contributed by atoms with Crippen LogP contribution in [0.15, 0.2) is 0 Å². The van der Waals surface area contributed by atoms with Crippen LogP contribution in [0.4, 0.5) is 0 Å². The lowest BCUT2D eigenvalue weighted by molar-refractivity contribution is -0.121. The Balaban J connectivity index is -0.000000266. The van der Waals surface area contributed by atoms with Crippen LogP contribution in [0.5, 0.6) is 0 Å². The molecule has 2 heteroatoms. The molecule has 0 saturated heterocycles. The second kappa shape index (κ2) is 15.1. The predicted octanol–water partition coefficient (Wildman–Crippen LogP) is 3.36. The van der Waals surface area contributed by atoms with Crippen LogP contribution in [-0.2, 0) is 4.79 Å². The van der Waals surface area contributed by atoms with Gasteiger partial charge in [-0.25, -0.2) is 0 Å². The summed E-state index contributed by atoms with van der Waals surface area (Å²) in [6.07, 6.45) is 1.11. The molecule has 0 aromatic carbocycles. The van der Waals surface area contributed by atoms with Crippen molar-refractivity contribution in [2.45, 2.75) is 60.9 Å². The lowest BCUT2D eigenvalue weighted by Crippen LogP contribution is -2.34. The molecule has 0 radical (unpaired) electrons. The smallest absolute Gasteiger partial charge is 0.146 e. The maximum Gasteiger partial charge on any atom is 0.146 e. The second-order valence-electron chi connectivity index (χ2n) is 2.77. The zero-order valence-corrected chi connectivity index (χ0v) is 11.3. The Kier molecular flexibility index (Phi) is 20.8. The van der Waals surface area contributed by atoms with Crippen LogP contribution in [0.2, 0.25) is 0 Å². The summed E-state index contributed by atoms with van der Waals surface area (Å²) >= 11 is 0. The Bertz CT molecular complexity index is 113. The van der Waals surface area contributed by atoms with Crippen LogP contribution in [0.3, 0.4) is 0 Å². The lowest BCUT2D eigenvalue weighted by Gasteiger charge is -2.21. The molecule has 0 spiro atoms. The molecule has 0 saturated carbocycles. The first kappa shape index (κ1) is 19.2. The van der Waals surface area contributed by atoms with E-state index in [4.69, 9.17) is 0 Å². The van der Waals surface area contributed by atoms with Gasteiger partial charge in [-0.05, 0) is 33.9 Å². The average Bonchev–Trinajstić information content (AvgIpc) is 2.23. The first-order valence-corrected chi connectivity index (χ1v) is 5.80. The number of carbonyl (C=O) groups excluding carboxylic acids is 1. The number of hydrogen-bond acceptors (Lipinski definition) is 2. The summed E-state index contributed by atoms with van der Waals surface area (Å²) in [5.74, 6) is 0.246. The number of carbonyl (C=O) groups is 1. The maximum absolute atomic E-state index is 10.8. The highest BCUT2D eigenvalue weighted by atomic mass is 16.1. The van der Waals surface area contributed by atoms with Gasteiger partial charge in [0.05, 0.1) is 6.04 Å². The fourth-order valence-corrected chi connectivity index (χ4v) is 0.857. The van der Waals surface area contributed by atoms with Crippen LogP contribution < -0.4 is 0 Å². The van der Waals surface area contributed by atoms with Crippen LogP contribution in [0, 0.1) is 0 Å². The van der Waals surface area contributed by atoms with E-state index in [1.165, 1.54) is 0 Å². The van der Waals surface area contributed by atoms with Crippen molar-refractivity contribution in [2.75, 3.05) is 13.6 Å². The summed E-state index contributed by atoms with van der Waals surface area (Å²) in [7, 11) is 1.98. The van der Waals surface area contributed by atoms with Crippen LogP contribution in [0.25, 0.3) is 0 Å². The molecule has 0 heterocycles. The minimum absolute atomic E-state index is 0.0833. The average molecular weight is 203 g/mol. The van der Waals surface area contributed by atoms with Crippen molar-refractivity contribution in [2.24, 2.45) is 0 Å². The van der Waals surface area contributed by atoms with Crippen molar-refractivity contribution in [3.63, 3.8) is 0 Å². The van der Waals surface area contributed by atoms with Crippen molar-refractivity contribution in [1.29, 1.82) is 0 Å². The van der Waals surface area contributed by atoms with Crippen LogP contribution in [0.1, 0.15) is 54.9 Å². The van der Waals surface area contributed by atoms with Gasteiger partial charge in [0.25, 0.3) is 0 Å². The SMILES string of the molecule is CC.CC.CCCN(C)C(C)C(C)=O. The standard InChI is InChI=1S/C8H17NO.2C2H6/c1-5-6-9(4)7(2)8(3)10;2*1-2/h7H,5-6H2,1-4H3;2*1-2H3. The minimum atomic E-state index is 0.0833. The summed E-state index contributed by atoms with van der Waals surface area (Å²) in [5, 5.41) is 0. The van der Waals surface area contributed by atoms with Crippen molar-refractivity contribution < 1.29 is 4.79 Å². The predicted molar refractivity (Wildman–Crippen MR) is 65.8 cm³/mol. The summed E-state index contributed by atoms with van der Waals surface area (Å²) in [5.41, 5.74) is 0. The molecule has 0 N–H and O–H groups in total. The van der Waals surface area contributed by atoms with Gasteiger partial charge in [-0.1, -0.05) is 34.6 Å². The molecule has 0 aliphatic heterocycles. The van der Waals surface area contributed by atoms with Crippen LogP contribution >= 0.6 is 0 Å². The molecule has 0 aliphatic carbocycles. The Morgan fingerprint density at radius 1 is 1.21 bits per heavy atom. The zero-order chi connectivity index (χ0) is 12.1. The van der Waals surface area contributed by atoms with Gasteiger partial charge in [0, 0.05) is 0 Å². The number of likely N-dealkylation sites (N-methyl/N-ethyl adjacent to an activating group) is 1. The van der Waals surface area contributed by atoms with E-state index in [1.54, 1.807) is 6.92 Å². The summed E-state index contributed by atoms with van der Waals surface area (Å²) < 4.78 is 0. The molecule has 0 rings (SSSR count). The summed E-state index contributed by atoms with van der Waals surface area (Å²) in [6, 6.07) is 0.0833. The van der Waals surface area contributed by atoms with Crippen molar-refractivity contribution in [3.8, 4) is 0 Å². The van der Waals surface area contributed by atoms with Gasteiger partial charge in [-0.2, -0.15) is 0 Å². The van der Waals surface area contributed by atoms with Gasteiger partial charge in [0.1, 0.15) is 5.78 Å². The fraction of sp³-hybridized carbons (Fsp3) is 0.917. The Morgan fingerprint density at radius 2 is 1.57 bits per heavy atom. The first-order chi connectivity index (χ1) is 6.59. The third-order valence-corrected chi connectivity index (χ3v) is 1.83. The van der Waals surface area contributed by atoms with Gasteiger partial charge in [0.15, 0.2) is 0 Å². The molecule has 0 bridgehead atoms. The molecule has 1 unspecified atom stereocenters. The van der Waals surface area contributed by atoms with E-state index >= 15 is 0 Å². The third kappa shape index (κ3) is 11.6. The number of Topliss-reactive ketones (excluding diaryl/α,β-unsaturated/α-hetero) is 1. The number of ketones is 1. The Hall–Kier alpha value is -0.370. The second-order valence-corrected chi connectivity index (χ2v) is 2.77. The molecule has 14 heavy (non-hydrogen) atoms. The zero-order valence-electron chi connectivity index (χ0n) is 11.3. The highest BCUT2D eigenvalue weighted by Crippen LogP contribution is 1.96. The molecule has 0 fully saturated rings. The van der Waals surface area contributed by atoms with Gasteiger partial charge in [-0.3, -0.25) is 9.69 Å². The topological polar surface area (TPSA) is 20.3 Å². The number of rotatable bonds is 4. The Labute approximate surface area is 90.7 Å². The highest BCUT2D eigenvalue weighted by Gasteiger charge is 2.11. The molecule has 0 aliphatic rings. The van der Waals surface area contributed by atoms with Crippen molar-refractivity contribution in [3.05, 3.63) is 0 Å². The summed E-state index contributed by atoms with van der Waals surface area (Å²) in [6.45, 7) is 14.7.